The van der Waals surface area contributed by atoms with Gasteiger partial charge in [-0.25, -0.2) is 4.68 Å². The predicted molar refractivity (Wildman–Crippen MR) is 80.6 cm³/mol. The lowest BCUT2D eigenvalue weighted by Gasteiger charge is -2.07. The average Bonchev–Trinajstić information content (AvgIpc) is 2.91. The molecule has 2 aromatic rings. The third-order valence-corrected chi connectivity index (χ3v) is 3.24. The van der Waals surface area contributed by atoms with Gasteiger partial charge in [-0.3, -0.25) is 4.79 Å². The van der Waals surface area contributed by atoms with Crippen LogP contribution < -0.4 is 4.74 Å². The van der Waals surface area contributed by atoms with Gasteiger partial charge < -0.3 is 4.74 Å². The number of aryl methyl sites for hydroxylation is 1. The van der Waals surface area contributed by atoms with Crippen molar-refractivity contribution in [1.82, 2.24) is 15.0 Å². The molecule has 5 heteroatoms. The molecule has 0 atom stereocenters. The number of benzene rings is 1. The molecule has 1 heterocycles. The van der Waals surface area contributed by atoms with Gasteiger partial charge in [-0.05, 0) is 31.4 Å². The van der Waals surface area contributed by atoms with Crippen LogP contribution in [0.1, 0.15) is 42.4 Å². The molecule has 1 aromatic heterocycles. The summed E-state index contributed by atoms with van der Waals surface area (Å²) in [7, 11) is 0. The highest BCUT2D eigenvalue weighted by molar-refractivity contribution is 5.73. The van der Waals surface area contributed by atoms with Gasteiger partial charge >= 0.3 is 0 Å². The maximum absolute atomic E-state index is 10.9. The van der Waals surface area contributed by atoms with Crippen molar-refractivity contribution in [2.75, 3.05) is 6.61 Å². The Balaban J connectivity index is 1.76. The van der Waals surface area contributed by atoms with E-state index >= 15 is 0 Å². The van der Waals surface area contributed by atoms with E-state index in [-0.39, 0.29) is 0 Å². The lowest BCUT2D eigenvalue weighted by molar-refractivity contribution is 0.111. The van der Waals surface area contributed by atoms with E-state index in [9.17, 15) is 4.79 Å². The average molecular weight is 287 g/mol. The molecule has 0 spiro atoms. The lowest BCUT2D eigenvalue weighted by Crippen LogP contribution is -2.08. The number of hydrogen-bond acceptors (Lipinski definition) is 4. The fourth-order valence-electron chi connectivity index (χ4n) is 2.18. The molecule has 2 rings (SSSR count). The molecule has 0 N–H and O–H groups in total. The number of para-hydroxylation sites is 1. The largest absolute Gasteiger partial charge is 0.494 e. The summed E-state index contributed by atoms with van der Waals surface area (Å²) in [5.74, 6) is 0.896. The van der Waals surface area contributed by atoms with Gasteiger partial charge in [-0.2, -0.15) is 0 Å². The number of unbranched alkanes of at least 4 members (excludes halogenated alkanes) is 1. The van der Waals surface area contributed by atoms with Gasteiger partial charge in [-0.15, -0.1) is 5.10 Å². The third kappa shape index (κ3) is 4.41. The smallest absolute Gasteiger partial charge is 0.172 e. The molecule has 0 saturated heterocycles. The molecule has 0 aliphatic carbocycles. The van der Waals surface area contributed by atoms with Gasteiger partial charge in [0.15, 0.2) is 6.29 Å². The van der Waals surface area contributed by atoms with Gasteiger partial charge in [0.25, 0.3) is 0 Å². The quantitative estimate of drug-likeness (QED) is 0.525. The SMILES string of the molecule is CCCc1c(C=O)nnn1CCCCOc1ccccc1. The van der Waals surface area contributed by atoms with Crippen LogP contribution in [0.15, 0.2) is 30.3 Å². The molecule has 21 heavy (non-hydrogen) atoms. The van der Waals surface area contributed by atoms with Crippen molar-refractivity contribution in [3.8, 4) is 5.75 Å². The number of aromatic nitrogens is 3. The molecule has 0 unspecified atom stereocenters. The summed E-state index contributed by atoms with van der Waals surface area (Å²) in [5, 5.41) is 7.97. The minimum atomic E-state index is 0.470. The topological polar surface area (TPSA) is 57.0 Å². The Labute approximate surface area is 124 Å². The molecule has 0 amide bonds. The molecule has 0 radical (unpaired) electrons. The summed E-state index contributed by atoms with van der Waals surface area (Å²) in [6.45, 7) is 3.54. The van der Waals surface area contributed by atoms with Gasteiger partial charge in [-0.1, -0.05) is 36.8 Å². The molecular formula is C16H21N3O2. The van der Waals surface area contributed by atoms with E-state index in [2.05, 4.69) is 17.2 Å². The van der Waals surface area contributed by atoms with Gasteiger partial charge in [0.05, 0.1) is 12.3 Å². The fourth-order valence-corrected chi connectivity index (χ4v) is 2.18. The van der Waals surface area contributed by atoms with Crippen LogP contribution in [0.5, 0.6) is 5.75 Å². The molecule has 0 saturated carbocycles. The Bertz CT molecular complexity index is 552. The molecule has 5 nitrogen and oxygen atoms in total. The second-order valence-electron chi connectivity index (χ2n) is 4.88. The highest BCUT2D eigenvalue weighted by Crippen LogP contribution is 2.10. The van der Waals surface area contributed by atoms with E-state index in [0.717, 1.165) is 50.0 Å². The normalized spacial score (nSPS) is 10.5. The molecule has 0 bridgehead atoms. The highest BCUT2D eigenvalue weighted by Gasteiger charge is 2.10. The number of hydrogen-bond donors (Lipinski definition) is 0. The van der Waals surface area contributed by atoms with Crippen molar-refractivity contribution in [3.63, 3.8) is 0 Å². The number of ether oxygens (including phenoxy) is 1. The van der Waals surface area contributed by atoms with Crippen molar-refractivity contribution >= 4 is 6.29 Å². The lowest BCUT2D eigenvalue weighted by atomic mass is 10.2. The van der Waals surface area contributed by atoms with Crippen LogP contribution in [-0.2, 0) is 13.0 Å². The van der Waals surface area contributed by atoms with Gasteiger partial charge in [0.2, 0.25) is 0 Å². The Hall–Kier alpha value is -2.17. The summed E-state index contributed by atoms with van der Waals surface area (Å²) in [5.41, 5.74) is 1.41. The second kappa shape index (κ2) is 8.19. The summed E-state index contributed by atoms with van der Waals surface area (Å²) < 4.78 is 7.49. The Morgan fingerprint density at radius 2 is 2.05 bits per heavy atom. The predicted octanol–water partition coefficient (Wildman–Crippen LogP) is 2.90. The second-order valence-corrected chi connectivity index (χ2v) is 4.88. The van der Waals surface area contributed by atoms with Gasteiger partial charge in [0, 0.05) is 6.54 Å². The summed E-state index contributed by atoms with van der Waals surface area (Å²) >= 11 is 0. The molecule has 0 fully saturated rings. The molecule has 0 aliphatic heterocycles. The first kappa shape index (κ1) is 15.2. The Kier molecular flexibility index (Phi) is 5.94. The van der Waals surface area contributed by atoms with E-state index in [1.165, 1.54) is 0 Å². The fraction of sp³-hybridized carbons (Fsp3) is 0.438. The number of nitrogens with zero attached hydrogens (tertiary/aromatic N) is 3. The standard InChI is InChI=1S/C16H21N3O2/c1-2-8-16-15(13-20)17-18-19(16)11-6-7-12-21-14-9-4-3-5-10-14/h3-5,9-10,13H,2,6-8,11-12H2,1H3. The third-order valence-electron chi connectivity index (χ3n) is 3.24. The van der Waals surface area contributed by atoms with Crippen LogP contribution in [0.4, 0.5) is 0 Å². The molecular weight excluding hydrogens is 266 g/mol. The summed E-state index contributed by atoms with van der Waals surface area (Å²) in [6.07, 6.45) is 4.49. The zero-order valence-electron chi connectivity index (χ0n) is 12.4. The zero-order valence-corrected chi connectivity index (χ0v) is 12.4. The monoisotopic (exact) mass is 287 g/mol. The van der Waals surface area contributed by atoms with Crippen LogP contribution >= 0.6 is 0 Å². The Morgan fingerprint density at radius 1 is 1.24 bits per heavy atom. The van der Waals surface area contributed by atoms with Crippen LogP contribution in [-0.4, -0.2) is 27.9 Å². The van der Waals surface area contributed by atoms with Gasteiger partial charge in [0.1, 0.15) is 11.4 Å². The maximum Gasteiger partial charge on any atom is 0.172 e. The van der Waals surface area contributed by atoms with E-state index in [1.807, 2.05) is 35.0 Å². The number of carbonyl (C=O) groups excluding carboxylic acids is 1. The van der Waals surface area contributed by atoms with Crippen molar-refractivity contribution in [3.05, 3.63) is 41.7 Å². The Morgan fingerprint density at radius 3 is 2.76 bits per heavy atom. The zero-order chi connectivity index (χ0) is 14.9. The number of carbonyl (C=O) groups is 1. The van der Waals surface area contributed by atoms with Crippen molar-refractivity contribution in [1.29, 1.82) is 0 Å². The van der Waals surface area contributed by atoms with Crippen LogP contribution in [0, 0.1) is 0 Å². The van der Waals surface area contributed by atoms with Crippen LogP contribution in [0.25, 0.3) is 0 Å². The van der Waals surface area contributed by atoms with Crippen LogP contribution in [0.3, 0.4) is 0 Å². The number of aldehydes is 1. The molecule has 0 aliphatic rings. The van der Waals surface area contributed by atoms with Crippen molar-refractivity contribution < 1.29 is 9.53 Å². The van der Waals surface area contributed by atoms with E-state index in [4.69, 9.17) is 4.74 Å². The molecule has 1 aromatic carbocycles. The van der Waals surface area contributed by atoms with E-state index < -0.39 is 0 Å². The minimum Gasteiger partial charge on any atom is -0.494 e. The van der Waals surface area contributed by atoms with Crippen LogP contribution in [0.2, 0.25) is 0 Å². The maximum atomic E-state index is 10.9. The first-order valence-corrected chi connectivity index (χ1v) is 7.40. The minimum absolute atomic E-state index is 0.470. The first-order chi connectivity index (χ1) is 10.3. The summed E-state index contributed by atoms with van der Waals surface area (Å²) in [6, 6.07) is 9.79. The number of rotatable bonds is 9. The van der Waals surface area contributed by atoms with E-state index in [1.54, 1.807) is 0 Å². The van der Waals surface area contributed by atoms with E-state index in [0.29, 0.717) is 12.3 Å². The van der Waals surface area contributed by atoms with Crippen molar-refractivity contribution in [2.45, 2.75) is 39.2 Å². The van der Waals surface area contributed by atoms with Crippen molar-refractivity contribution in [2.24, 2.45) is 0 Å². The summed E-state index contributed by atoms with van der Waals surface area (Å²) in [4.78, 5) is 10.9. The highest BCUT2D eigenvalue weighted by atomic mass is 16.5. The first-order valence-electron chi connectivity index (χ1n) is 7.40. The molecule has 112 valence electrons.